The molecule has 6 heteroatoms. The zero-order chi connectivity index (χ0) is 13.5. The van der Waals surface area contributed by atoms with E-state index in [1.807, 2.05) is 12.3 Å². The predicted octanol–water partition coefficient (Wildman–Crippen LogP) is 0.396. The number of nitrogens with zero attached hydrogens (tertiary/aromatic N) is 1. The van der Waals surface area contributed by atoms with Gasteiger partial charge in [0.25, 0.3) is 0 Å². The van der Waals surface area contributed by atoms with Crippen LogP contribution in [0.5, 0.6) is 0 Å². The maximum absolute atomic E-state index is 11.3. The number of carbonyl (C=O) groups excluding carboxylic acids is 1. The van der Waals surface area contributed by atoms with Gasteiger partial charge in [-0.1, -0.05) is 6.92 Å². The van der Waals surface area contributed by atoms with Gasteiger partial charge in [0.1, 0.15) is 5.76 Å². The quantitative estimate of drug-likeness (QED) is 0.372. The zero-order valence-electron chi connectivity index (χ0n) is 10.9. The average Bonchev–Trinajstić information content (AvgIpc) is 2.71. The van der Waals surface area contributed by atoms with Crippen LogP contribution in [0.4, 0.5) is 0 Å². The third-order valence-corrected chi connectivity index (χ3v) is 2.73. The minimum atomic E-state index is -0.437. The number of nitrogen functional groups attached to an aromatic ring is 1. The molecule has 1 aromatic rings. The first-order valence-corrected chi connectivity index (χ1v) is 6.05. The molecule has 0 radical (unpaired) electrons. The zero-order valence-corrected chi connectivity index (χ0v) is 10.9. The summed E-state index contributed by atoms with van der Waals surface area (Å²) < 4.78 is 5.34. The molecular weight excluding hydrogens is 234 g/mol. The minimum absolute atomic E-state index is 0.118. The van der Waals surface area contributed by atoms with E-state index in [2.05, 4.69) is 11.8 Å². The molecule has 0 fully saturated rings. The molecule has 1 aromatic heterocycles. The standard InChI is InChI=1S/C12H21N3O3/c1-3-4-15(5-6-16)8-10-7-11(12(17)14-13)18-9(10)2/h7,16H,3-6,8,13H2,1-2H3,(H,14,17). The molecule has 0 saturated carbocycles. The SMILES string of the molecule is CCCN(CCO)Cc1cc(C(=O)NN)oc1C. The van der Waals surface area contributed by atoms with E-state index in [0.717, 1.165) is 18.5 Å². The van der Waals surface area contributed by atoms with Crippen LogP contribution in [0, 0.1) is 6.92 Å². The maximum atomic E-state index is 11.3. The van der Waals surface area contributed by atoms with Gasteiger partial charge in [-0.15, -0.1) is 0 Å². The van der Waals surface area contributed by atoms with Gasteiger partial charge < -0.3 is 9.52 Å². The molecule has 18 heavy (non-hydrogen) atoms. The van der Waals surface area contributed by atoms with E-state index in [4.69, 9.17) is 15.4 Å². The van der Waals surface area contributed by atoms with Crippen LogP contribution in [-0.4, -0.2) is 35.6 Å². The molecule has 0 spiro atoms. The number of nitrogens with two attached hydrogens (primary N) is 1. The Balaban J connectivity index is 2.76. The van der Waals surface area contributed by atoms with E-state index < -0.39 is 5.91 Å². The Labute approximate surface area is 107 Å². The highest BCUT2D eigenvalue weighted by molar-refractivity contribution is 5.91. The molecule has 1 amide bonds. The molecule has 0 unspecified atom stereocenters. The Morgan fingerprint density at radius 2 is 2.28 bits per heavy atom. The van der Waals surface area contributed by atoms with Gasteiger partial charge >= 0.3 is 5.91 Å². The van der Waals surface area contributed by atoms with Crippen molar-refractivity contribution in [1.82, 2.24) is 10.3 Å². The van der Waals surface area contributed by atoms with Crippen LogP contribution >= 0.6 is 0 Å². The molecule has 1 rings (SSSR count). The molecule has 102 valence electrons. The van der Waals surface area contributed by atoms with Crippen LogP contribution in [-0.2, 0) is 6.54 Å². The molecule has 0 saturated heterocycles. The van der Waals surface area contributed by atoms with Crippen molar-refractivity contribution in [1.29, 1.82) is 0 Å². The number of furan rings is 1. The van der Waals surface area contributed by atoms with Crippen molar-refractivity contribution in [3.63, 3.8) is 0 Å². The number of hydrogen-bond acceptors (Lipinski definition) is 5. The average molecular weight is 255 g/mol. The van der Waals surface area contributed by atoms with Gasteiger partial charge in [-0.3, -0.25) is 15.1 Å². The Morgan fingerprint density at radius 1 is 1.56 bits per heavy atom. The molecule has 0 aliphatic carbocycles. The summed E-state index contributed by atoms with van der Waals surface area (Å²) in [6, 6.07) is 1.69. The van der Waals surface area contributed by atoms with Crippen molar-refractivity contribution >= 4 is 5.91 Å². The molecular formula is C12H21N3O3. The highest BCUT2D eigenvalue weighted by Crippen LogP contribution is 2.16. The molecule has 0 aliphatic heterocycles. The minimum Gasteiger partial charge on any atom is -0.456 e. The van der Waals surface area contributed by atoms with E-state index in [0.29, 0.717) is 18.8 Å². The summed E-state index contributed by atoms with van der Waals surface area (Å²) in [5.41, 5.74) is 2.98. The smallest absolute Gasteiger partial charge is 0.300 e. The van der Waals surface area contributed by atoms with Crippen molar-refractivity contribution in [2.45, 2.75) is 26.8 Å². The fraction of sp³-hybridized carbons (Fsp3) is 0.583. The normalized spacial score (nSPS) is 10.9. The first-order chi connectivity index (χ1) is 8.62. The van der Waals surface area contributed by atoms with Gasteiger partial charge in [0.05, 0.1) is 6.61 Å². The summed E-state index contributed by atoms with van der Waals surface area (Å²) in [6.45, 7) is 6.17. The lowest BCUT2D eigenvalue weighted by Gasteiger charge is -2.19. The molecule has 1 heterocycles. The number of hydrazine groups is 1. The number of rotatable bonds is 7. The van der Waals surface area contributed by atoms with Crippen LogP contribution in [0.1, 0.15) is 35.2 Å². The Bertz CT molecular complexity index is 384. The lowest BCUT2D eigenvalue weighted by Crippen LogP contribution is -2.29. The molecule has 0 aliphatic rings. The number of nitrogens with one attached hydrogen (secondary N) is 1. The summed E-state index contributed by atoms with van der Waals surface area (Å²) in [6.07, 6.45) is 1.01. The number of aryl methyl sites for hydroxylation is 1. The van der Waals surface area contributed by atoms with Crippen molar-refractivity contribution in [3.8, 4) is 0 Å². The lowest BCUT2D eigenvalue weighted by atomic mass is 10.2. The van der Waals surface area contributed by atoms with Crippen molar-refractivity contribution in [3.05, 3.63) is 23.2 Å². The van der Waals surface area contributed by atoms with E-state index in [9.17, 15) is 4.79 Å². The Hall–Kier alpha value is -1.37. The number of aliphatic hydroxyl groups is 1. The first kappa shape index (κ1) is 14.7. The van der Waals surface area contributed by atoms with Crippen molar-refractivity contribution in [2.75, 3.05) is 19.7 Å². The molecule has 0 atom stereocenters. The number of hydrogen-bond donors (Lipinski definition) is 3. The Kier molecular flexibility index (Phi) is 5.84. The van der Waals surface area contributed by atoms with Gasteiger partial charge in [0, 0.05) is 18.7 Å². The van der Waals surface area contributed by atoms with Crippen molar-refractivity contribution < 1.29 is 14.3 Å². The van der Waals surface area contributed by atoms with Crippen molar-refractivity contribution in [2.24, 2.45) is 5.84 Å². The predicted molar refractivity (Wildman–Crippen MR) is 67.8 cm³/mol. The lowest BCUT2D eigenvalue weighted by molar-refractivity contribution is 0.0924. The summed E-state index contributed by atoms with van der Waals surface area (Å²) in [5, 5.41) is 9.00. The fourth-order valence-electron chi connectivity index (χ4n) is 1.83. The number of carbonyl (C=O) groups is 1. The van der Waals surface area contributed by atoms with Gasteiger partial charge in [-0.05, 0) is 26.0 Å². The summed E-state index contributed by atoms with van der Waals surface area (Å²) in [7, 11) is 0. The second kappa shape index (κ2) is 7.15. The van der Waals surface area contributed by atoms with Crippen LogP contribution in [0.3, 0.4) is 0 Å². The highest BCUT2D eigenvalue weighted by Gasteiger charge is 2.15. The highest BCUT2D eigenvalue weighted by atomic mass is 16.4. The maximum Gasteiger partial charge on any atom is 0.300 e. The van der Waals surface area contributed by atoms with E-state index in [1.54, 1.807) is 6.07 Å². The largest absolute Gasteiger partial charge is 0.456 e. The van der Waals surface area contributed by atoms with E-state index in [1.165, 1.54) is 0 Å². The molecule has 0 bridgehead atoms. The summed E-state index contributed by atoms with van der Waals surface area (Å²) in [5.74, 6) is 5.54. The summed E-state index contributed by atoms with van der Waals surface area (Å²) in [4.78, 5) is 13.4. The van der Waals surface area contributed by atoms with E-state index >= 15 is 0 Å². The first-order valence-electron chi connectivity index (χ1n) is 6.05. The third kappa shape index (κ3) is 3.83. The third-order valence-electron chi connectivity index (χ3n) is 2.73. The van der Waals surface area contributed by atoms with Gasteiger partial charge in [-0.2, -0.15) is 0 Å². The fourth-order valence-corrected chi connectivity index (χ4v) is 1.83. The Morgan fingerprint density at radius 3 is 2.83 bits per heavy atom. The number of amides is 1. The monoisotopic (exact) mass is 255 g/mol. The van der Waals surface area contributed by atoms with Crippen LogP contribution in [0.2, 0.25) is 0 Å². The molecule has 4 N–H and O–H groups in total. The van der Waals surface area contributed by atoms with E-state index in [-0.39, 0.29) is 12.4 Å². The second-order valence-corrected chi connectivity index (χ2v) is 4.17. The second-order valence-electron chi connectivity index (χ2n) is 4.17. The number of aliphatic hydroxyl groups excluding tert-OH is 1. The summed E-state index contributed by atoms with van der Waals surface area (Å²) >= 11 is 0. The van der Waals surface area contributed by atoms with Crippen LogP contribution in [0.15, 0.2) is 10.5 Å². The van der Waals surface area contributed by atoms with Gasteiger partial charge in [0.15, 0.2) is 5.76 Å². The van der Waals surface area contributed by atoms with Gasteiger partial charge in [0.2, 0.25) is 0 Å². The van der Waals surface area contributed by atoms with Crippen LogP contribution in [0.25, 0.3) is 0 Å². The molecule has 0 aromatic carbocycles. The topological polar surface area (TPSA) is 91.7 Å². The van der Waals surface area contributed by atoms with Gasteiger partial charge in [-0.25, -0.2) is 5.84 Å². The van der Waals surface area contributed by atoms with Crippen LogP contribution < -0.4 is 11.3 Å². The molecule has 6 nitrogen and oxygen atoms in total.